The molecule has 21 heavy (non-hydrogen) atoms. The molecule has 114 valence electrons. The zero-order valence-corrected chi connectivity index (χ0v) is 12.9. The highest BCUT2D eigenvalue weighted by atomic mass is 16.5. The third-order valence-electron chi connectivity index (χ3n) is 3.85. The van der Waals surface area contributed by atoms with Gasteiger partial charge in [0.15, 0.2) is 0 Å². The molecule has 4 nitrogen and oxygen atoms in total. The monoisotopic (exact) mass is 288 g/mol. The summed E-state index contributed by atoms with van der Waals surface area (Å²) in [5.41, 5.74) is 0.903. The molecular weight excluding hydrogens is 264 g/mol. The highest BCUT2D eigenvalue weighted by Crippen LogP contribution is 2.28. The Hall–Kier alpha value is -1.57. The molecule has 4 heteroatoms. The Kier molecular flexibility index (Phi) is 5.22. The summed E-state index contributed by atoms with van der Waals surface area (Å²) in [7, 11) is 0. The van der Waals surface area contributed by atoms with E-state index in [9.17, 15) is 5.11 Å². The zero-order chi connectivity index (χ0) is 15.3. The number of rotatable bonds is 5. The van der Waals surface area contributed by atoms with E-state index in [1.165, 1.54) is 12.8 Å². The molecule has 1 N–H and O–H groups in total. The van der Waals surface area contributed by atoms with E-state index in [1.54, 1.807) is 24.3 Å². The highest BCUT2D eigenvalue weighted by Gasteiger charge is 2.27. The topological polar surface area (TPSA) is 56.5 Å². The van der Waals surface area contributed by atoms with Gasteiger partial charge in [-0.05, 0) is 43.0 Å². The van der Waals surface area contributed by atoms with Crippen molar-refractivity contribution in [3.63, 3.8) is 0 Å². The molecule has 0 aromatic heterocycles. The molecule has 0 spiro atoms. The first-order valence-corrected chi connectivity index (χ1v) is 7.52. The molecule has 0 radical (unpaired) electrons. The molecule has 0 aliphatic carbocycles. The lowest BCUT2D eigenvalue weighted by molar-refractivity contribution is 0.0366. The third kappa shape index (κ3) is 5.04. The average Bonchev–Trinajstić information content (AvgIpc) is 2.44. The Morgan fingerprint density at radius 2 is 2.29 bits per heavy atom. The molecular formula is C17H24N2O2. The summed E-state index contributed by atoms with van der Waals surface area (Å²) in [5.74, 6) is 0.632. The fourth-order valence-electron chi connectivity index (χ4n) is 2.90. The molecule has 1 saturated heterocycles. The van der Waals surface area contributed by atoms with Crippen LogP contribution < -0.4 is 4.74 Å². The predicted molar refractivity (Wildman–Crippen MR) is 82.1 cm³/mol. The van der Waals surface area contributed by atoms with E-state index in [1.807, 2.05) is 0 Å². The van der Waals surface area contributed by atoms with Crippen LogP contribution >= 0.6 is 0 Å². The van der Waals surface area contributed by atoms with Gasteiger partial charge < -0.3 is 14.7 Å². The SMILES string of the molecule is CC1(C)CCCN(CC(O)COc2cccc(C#N)c2)C1. The maximum absolute atomic E-state index is 10.1. The molecule has 1 heterocycles. The normalized spacial score (nSPS) is 19.7. The molecule has 1 unspecified atom stereocenters. The maximum Gasteiger partial charge on any atom is 0.120 e. The van der Waals surface area contributed by atoms with Crippen molar-refractivity contribution in [3.05, 3.63) is 29.8 Å². The molecule has 1 atom stereocenters. The van der Waals surface area contributed by atoms with Crippen molar-refractivity contribution in [2.75, 3.05) is 26.2 Å². The quantitative estimate of drug-likeness (QED) is 0.904. The molecule has 1 aliphatic heterocycles. The van der Waals surface area contributed by atoms with Crippen LogP contribution in [0.3, 0.4) is 0 Å². The van der Waals surface area contributed by atoms with Gasteiger partial charge >= 0.3 is 0 Å². The van der Waals surface area contributed by atoms with E-state index in [4.69, 9.17) is 10.00 Å². The minimum absolute atomic E-state index is 0.256. The van der Waals surface area contributed by atoms with E-state index < -0.39 is 6.10 Å². The molecule has 2 rings (SSSR count). The number of aliphatic hydroxyl groups excluding tert-OH is 1. The largest absolute Gasteiger partial charge is 0.491 e. The van der Waals surface area contributed by atoms with Crippen molar-refractivity contribution in [2.24, 2.45) is 5.41 Å². The van der Waals surface area contributed by atoms with Gasteiger partial charge in [0.25, 0.3) is 0 Å². The number of nitrogens with zero attached hydrogens (tertiary/aromatic N) is 2. The molecule has 1 aliphatic rings. The van der Waals surface area contributed by atoms with Gasteiger partial charge in [-0.15, -0.1) is 0 Å². The van der Waals surface area contributed by atoms with E-state index in [0.29, 0.717) is 23.3 Å². The Morgan fingerprint density at radius 1 is 1.48 bits per heavy atom. The van der Waals surface area contributed by atoms with E-state index in [2.05, 4.69) is 24.8 Å². The van der Waals surface area contributed by atoms with Crippen molar-refractivity contribution in [3.8, 4) is 11.8 Å². The average molecular weight is 288 g/mol. The fraction of sp³-hybridized carbons (Fsp3) is 0.588. The second kappa shape index (κ2) is 6.93. The minimum Gasteiger partial charge on any atom is -0.491 e. The molecule has 0 amide bonds. The van der Waals surface area contributed by atoms with Gasteiger partial charge in [-0.25, -0.2) is 0 Å². The van der Waals surface area contributed by atoms with E-state index in [0.717, 1.165) is 13.1 Å². The Morgan fingerprint density at radius 3 is 3.00 bits per heavy atom. The van der Waals surface area contributed by atoms with Gasteiger partial charge in [-0.2, -0.15) is 5.26 Å². The summed E-state index contributed by atoms with van der Waals surface area (Å²) in [6.45, 7) is 7.51. The van der Waals surface area contributed by atoms with Crippen LogP contribution in [0.4, 0.5) is 0 Å². The van der Waals surface area contributed by atoms with Gasteiger partial charge in [-0.3, -0.25) is 0 Å². The molecule has 0 bridgehead atoms. The summed E-state index contributed by atoms with van der Waals surface area (Å²) in [6, 6.07) is 9.09. The Bertz CT molecular complexity index is 508. The lowest BCUT2D eigenvalue weighted by Crippen LogP contribution is -2.44. The van der Waals surface area contributed by atoms with Gasteiger partial charge in [0.05, 0.1) is 11.6 Å². The van der Waals surface area contributed by atoms with Crippen molar-refractivity contribution in [2.45, 2.75) is 32.8 Å². The number of β-amino-alcohol motifs (C(OH)–C–C–N with tert-alkyl or cyclic N) is 1. The number of nitriles is 1. The van der Waals surface area contributed by atoms with Crippen molar-refractivity contribution < 1.29 is 9.84 Å². The van der Waals surface area contributed by atoms with Crippen molar-refractivity contribution >= 4 is 0 Å². The lowest BCUT2D eigenvalue weighted by Gasteiger charge is -2.38. The number of benzene rings is 1. The smallest absolute Gasteiger partial charge is 0.120 e. The number of ether oxygens (including phenoxy) is 1. The second-order valence-electron chi connectivity index (χ2n) is 6.61. The first kappa shape index (κ1) is 15.8. The third-order valence-corrected chi connectivity index (χ3v) is 3.85. The van der Waals surface area contributed by atoms with Crippen LogP contribution in [0.1, 0.15) is 32.3 Å². The van der Waals surface area contributed by atoms with Crippen LogP contribution in [0.15, 0.2) is 24.3 Å². The minimum atomic E-state index is -0.510. The van der Waals surface area contributed by atoms with Crippen LogP contribution in [0.5, 0.6) is 5.75 Å². The summed E-state index contributed by atoms with van der Waals surface area (Å²) in [4.78, 5) is 2.31. The molecule has 1 fully saturated rings. The van der Waals surface area contributed by atoms with Crippen LogP contribution in [0.2, 0.25) is 0 Å². The number of likely N-dealkylation sites (tertiary alicyclic amines) is 1. The van der Waals surface area contributed by atoms with Crippen LogP contribution in [0, 0.1) is 16.7 Å². The maximum atomic E-state index is 10.1. The van der Waals surface area contributed by atoms with E-state index >= 15 is 0 Å². The number of aliphatic hydroxyl groups is 1. The van der Waals surface area contributed by atoms with Crippen molar-refractivity contribution in [1.82, 2.24) is 4.90 Å². The van der Waals surface area contributed by atoms with Crippen molar-refractivity contribution in [1.29, 1.82) is 5.26 Å². The summed E-state index contributed by atoms with van der Waals surface area (Å²) >= 11 is 0. The van der Waals surface area contributed by atoms with Gasteiger partial charge in [0, 0.05) is 13.1 Å². The number of hydrogen-bond acceptors (Lipinski definition) is 4. The number of piperidine rings is 1. The highest BCUT2D eigenvalue weighted by molar-refractivity contribution is 5.36. The second-order valence-corrected chi connectivity index (χ2v) is 6.61. The summed E-state index contributed by atoms with van der Waals surface area (Å²) < 4.78 is 5.58. The number of hydrogen-bond donors (Lipinski definition) is 1. The van der Waals surface area contributed by atoms with Gasteiger partial charge in [-0.1, -0.05) is 19.9 Å². The fourth-order valence-corrected chi connectivity index (χ4v) is 2.90. The van der Waals surface area contributed by atoms with Crippen LogP contribution in [0.25, 0.3) is 0 Å². The van der Waals surface area contributed by atoms with Gasteiger partial charge in [0.1, 0.15) is 18.5 Å². The van der Waals surface area contributed by atoms with E-state index in [-0.39, 0.29) is 6.61 Å². The van der Waals surface area contributed by atoms with Crippen LogP contribution in [-0.4, -0.2) is 42.4 Å². The molecule has 0 saturated carbocycles. The summed E-state index contributed by atoms with van der Waals surface area (Å²) in [5, 5.41) is 19.0. The van der Waals surface area contributed by atoms with Gasteiger partial charge in [0.2, 0.25) is 0 Å². The molecule has 1 aromatic carbocycles. The standard InChI is InChI=1S/C17H24N2O2/c1-17(2)7-4-8-19(13-17)11-15(20)12-21-16-6-3-5-14(9-16)10-18/h3,5-6,9,15,20H,4,7-8,11-13H2,1-2H3. The lowest BCUT2D eigenvalue weighted by atomic mass is 9.84. The Balaban J connectivity index is 1.79. The predicted octanol–water partition coefficient (Wildman–Crippen LogP) is 2.42. The zero-order valence-electron chi connectivity index (χ0n) is 12.9. The first-order valence-electron chi connectivity index (χ1n) is 7.52. The Labute approximate surface area is 127 Å². The molecule has 1 aromatic rings. The van der Waals surface area contributed by atoms with Crippen LogP contribution in [-0.2, 0) is 0 Å². The summed E-state index contributed by atoms with van der Waals surface area (Å²) in [6.07, 6.45) is 1.92. The first-order chi connectivity index (χ1) is 9.98.